The molecule has 1 fully saturated rings. The molecule has 23 heavy (non-hydrogen) atoms. The first-order valence-corrected chi connectivity index (χ1v) is 9.17. The summed E-state index contributed by atoms with van der Waals surface area (Å²) in [6.45, 7) is -0.182. The number of carbonyl (C=O) groups excluding carboxylic acids is 2. The van der Waals surface area contributed by atoms with Gasteiger partial charge in [0.15, 0.2) is 9.84 Å². The fourth-order valence-corrected chi connectivity index (χ4v) is 4.04. The summed E-state index contributed by atoms with van der Waals surface area (Å²) in [5.41, 5.74) is 0.835. The van der Waals surface area contributed by atoms with E-state index in [1.54, 1.807) is 12.1 Å². The third-order valence-electron chi connectivity index (χ3n) is 3.60. The maximum atomic E-state index is 12.7. The molecule has 1 heterocycles. The van der Waals surface area contributed by atoms with Gasteiger partial charge in [-0.2, -0.15) is 0 Å². The summed E-state index contributed by atoms with van der Waals surface area (Å²) in [6.07, 6.45) is 1.05. The van der Waals surface area contributed by atoms with Gasteiger partial charge in [0, 0.05) is 12.5 Å². The van der Waals surface area contributed by atoms with Crippen LogP contribution in [0.5, 0.6) is 0 Å². The zero-order chi connectivity index (χ0) is 16.9. The van der Waals surface area contributed by atoms with Crippen molar-refractivity contribution >= 4 is 21.7 Å². The summed E-state index contributed by atoms with van der Waals surface area (Å²) < 4.78 is 35.3. The fraction of sp³-hybridized carbons (Fsp3) is 0.467. The molecule has 1 saturated heterocycles. The first-order chi connectivity index (χ1) is 10.8. The number of hydrogen-bond donors (Lipinski definition) is 2. The summed E-state index contributed by atoms with van der Waals surface area (Å²) in [4.78, 5) is 23.3. The topological polar surface area (TPSA) is 92.3 Å². The second-order valence-electron chi connectivity index (χ2n) is 5.57. The zero-order valence-corrected chi connectivity index (χ0v) is 13.4. The smallest absolute Gasteiger partial charge is 0.239 e. The predicted molar refractivity (Wildman–Crippen MR) is 82.9 cm³/mol. The van der Waals surface area contributed by atoms with Crippen molar-refractivity contribution in [1.82, 2.24) is 10.6 Å². The lowest BCUT2D eigenvalue weighted by molar-refractivity contribution is -0.126. The zero-order valence-electron chi connectivity index (χ0n) is 12.5. The second kappa shape index (κ2) is 7.54. The summed E-state index contributed by atoms with van der Waals surface area (Å²) in [5.74, 6) is -0.978. The molecule has 0 spiro atoms. The van der Waals surface area contributed by atoms with Gasteiger partial charge < -0.3 is 10.6 Å². The maximum Gasteiger partial charge on any atom is 0.239 e. The number of nitrogens with one attached hydrogen (secondary N) is 2. The van der Waals surface area contributed by atoms with Gasteiger partial charge in [-0.15, -0.1) is 0 Å². The fourth-order valence-electron chi connectivity index (χ4n) is 2.36. The monoisotopic (exact) mass is 342 g/mol. The van der Waals surface area contributed by atoms with Crippen molar-refractivity contribution in [3.05, 3.63) is 35.6 Å². The van der Waals surface area contributed by atoms with Crippen LogP contribution in [0.4, 0.5) is 4.39 Å². The quantitative estimate of drug-likeness (QED) is 0.771. The lowest BCUT2D eigenvalue weighted by atomic mass is 10.1. The number of rotatable bonds is 6. The summed E-state index contributed by atoms with van der Waals surface area (Å²) in [6, 6.07) is 5.50. The maximum absolute atomic E-state index is 12.7. The predicted octanol–water partition coefficient (Wildman–Crippen LogP) is 0.178. The van der Waals surface area contributed by atoms with Crippen LogP contribution in [0.25, 0.3) is 0 Å². The average Bonchev–Trinajstić information content (AvgIpc) is 2.83. The largest absolute Gasteiger partial charge is 0.351 e. The molecule has 1 aliphatic heterocycles. The normalized spacial score (nSPS) is 19.3. The van der Waals surface area contributed by atoms with Gasteiger partial charge in [0.2, 0.25) is 11.8 Å². The SMILES string of the molecule is O=C(CCc1ccc(F)cc1)NCC(=O)NC1CCS(=O)(=O)C1. The number of carbonyl (C=O) groups is 2. The number of aryl methyl sites for hydroxylation is 1. The molecule has 0 bridgehead atoms. The summed E-state index contributed by atoms with van der Waals surface area (Å²) in [7, 11) is -3.04. The van der Waals surface area contributed by atoms with E-state index in [1.807, 2.05) is 0 Å². The van der Waals surface area contributed by atoms with E-state index < -0.39 is 15.7 Å². The highest BCUT2D eigenvalue weighted by Crippen LogP contribution is 2.10. The Hall–Kier alpha value is -1.96. The number of sulfone groups is 1. The molecular formula is C15H19FN2O4S. The molecule has 2 rings (SSSR count). The van der Waals surface area contributed by atoms with Crippen molar-refractivity contribution < 1.29 is 22.4 Å². The van der Waals surface area contributed by atoms with Gasteiger partial charge in [0.1, 0.15) is 5.82 Å². The van der Waals surface area contributed by atoms with E-state index in [2.05, 4.69) is 10.6 Å². The van der Waals surface area contributed by atoms with E-state index in [1.165, 1.54) is 12.1 Å². The lowest BCUT2D eigenvalue weighted by Gasteiger charge is -2.11. The molecule has 0 radical (unpaired) electrons. The van der Waals surface area contributed by atoms with Crippen molar-refractivity contribution in [3.8, 4) is 0 Å². The minimum atomic E-state index is -3.04. The van der Waals surface area contributed by atoms with Crippen molar-refractivity contribution in [2.75, 3.05) is 18.1 Å². The molecule has 0 aromatic heterocycles. The molecule has 1 aliphatic rings. The number of amides is 2. The van der Waals surface area contributed by atoms with Gasteiger partial charge >= 0.3 is 0 Å². The standard InChI is InChI=1S/C15H19FN2O4S/c16-12-4-1-11(2-5-12)3-6-14(19)17-9-15(20)18-13-7-8-23(21,22)10-13/h1-2,4-5,13H,3,6-10H2,(H,17,19)(H,18,20). The van der Waals surface area contributed by atoms with E-state index in [9.17, 15) is 22.4 Å². The van der Waals surface area contributed by atoms with E-state index >= 15 is 0 Å². The van der Waals surface area contributed by atoms with Gasteiger partial charge in [0.25, 0.3) is 0 Å². The van der Waals surface area contributed by atoms with Gasteiger partial charge in [0.05, 0.1) is 18.1 Å². The third-order valence-corrected chi connectivity index (χ3v) is 5.37. The first-order valence-electron chi connectivity index (χ1n) is 7.35. The van der Waals surface area contributed by atoms with Crippen LogP contribution in [0, 0.1) is 5.82 Å². The summed E-state index contributed by atoms with van der Waals surface area (Å²) >= 11 is 0. The Morgan fingerprint density at radius 3 is 2.48 bits per heavy atom. The van der Waals surface area contributed by atoms with Gasteiger partial charge in [-0.05, 0) is 30.5 Å². The molecule has 2 amide bonds. The molecular weight excluding hydrogens is 323 g/mol. The van der Waals surface area contributed by atoms with Crippen molar-refractivity contribution in [2.45, 2.75) is 25.3 Å². The van der Waals surface area contributed by atoms with Crippen molar-refractivity contribution in [2.24, 2.45) is 0 Å². The average molecular weight is 342 g/mol. The third kappa shape index (κ3) is 5.97. The minimum absolute atomic E-state index is 0.0444. The molecule has 1 aromatic rings. The number of benzene rings is 1. The van der Waals surface area contributed by atoms with Crippen LogP contribution in [0.1, 0.15) is 18.4 Å². The Balaban J connectivity index is 1.66. The molecule has 1 unspecified atom stereocenters. The van der Waals surface area contributed by atoms with Crippen LogP contribution in [-0.4, -0.2) is 44.3 Å². The van der Waals surface area contributed by atoms with Crippen LogP contribution in [0.2, 0.25) is 0 Å². The van der Waals surface area contributed by atoms with Crippen LogP contribution in [0.3, 0.4) is 0 Å². The molecule has 0 saturated carbocycles. The molecule has 6 nitrogen and oxygen atoms in total. The van der Waals surface area contributed by atoms with Crippen molar-refractivity contribution in [1.29, 1.82) is 0 Å². The van der Waals surface area contributed by atoms with Gasteiger partial charge in [-0.25, -0.2) is 12.8 Å². The first kappa shape index (κ1) is 17.4. The molecule has 0 aliphatic carbocycles. The van der Waals surface area contributed by atoms with E-state index in [0.717, 1.165) is 5.56 Å². The van der Waals surface area contributed by atoms with Gasteiger partial charge in [-0.1, -0.05) is 12.1 Å². The number of halogens is 1. The van der Waals surface area contributed by atoms with E-state index in [0.29, 0.717) is 12.8 Å². The molecule has 2 N–H and O–H groups in total. The second-order valence-corrected chi connectivity index (χ2v) is 7.80. The lowest BCUT2D eigenvalue weighted by Crippen LogP contribution is -2.42. The van der Waals surface area contributed by atoms with E-state index in [4.69, 9.17) is 0 Å². The highest BCUT2D eigenvalue weighted by atomic mass is 32.2. The highest BCUT2D eigenvalue weighted by molar-refractivity contribution is 7.91. The Kier molecular flexibility index (Phi) is 5.70. The van der Waals surface area contributed by atoms with Crippen LogP contribution < -0.4 is 10.6 Å². The van der Waals surface area contributed by atoms with Crippen molar-refractivity contribution in [3.63, 3.8) is 0 Å². The highest BCUT2D eigenvalue weighted by Gasteiger charge is 2.28. The molecule has 8 heteroatoms. The molecule has 1 aromatic carbocycles. The summed E-state index contributed by atoms with van der Waals surface area (Å²) in [5, 5.41) is 5.08. The molecule has 126 valence electrons. The number of hydrogen-bond acceptors (Lipinski definition) is 4. The van der Waals surface area contributed by atoms with Crippen LogP contribution in [-0.2, 0) is 25.8 Å². The van der Waals surface area contributed by atoms with Crippen LogP contribution in [0.15, 0.2) is 24.3 Å². The Labute approximate surface area is 134 Å². The minimum Gasteiger partial charge on any atom is -0.351 e. The van der Waals surface area contributed by atoms with E-state index in [-0.39, 0.29) is 42.2 Å². The van der Waals surface area contributed by atoms with Gasteiger partial charge in [-0.3, -0.25) is 9.59 Å². The Bertz CT molecular complexity index is 673. The molecule has 1 atom stereocenters. The Morgan fingerprint density at radius 2 is 1.87 bits per heavy atom. The Morgan fingerprint density at radius 1 is 1.17 bits per heavy atom. The van der Waals surface area contributed by atoms with Crippen LogP contribution >= 0.6 is 0 Å².